The van der Waals surface area contributed by atoms with Gasteiger partial charge in [0.05, 0.1) is 0 Å². The van der Waals surface area contributed by atoms with E-state index in [1.807, 2.05) is 26.8 Å². The van der Waals surface area contributed by atoms with Crippen molar-refractivity contribution >= 4 is 6.09 Å². The molecular formula is C18H28N2O2. The molecule has 22 heavy (non-hydrogen) atoms. The topological polar surface area (TPSA) is 41.6 Å². The standard InChI is InChI=1S/C18H28N2O2/c1-5-16(14-9-7-6-8-10-14)19-15-11-12-20(13-15)17(21)22-18(2,3)4/h6-10,15-16,19H,5,11-13H2,1-4H3. The Bertz CT molecular complexity index is 482. The number of likely N-dealkylation sites (tertiary alicyclic amines) is 1. The molecule has 0 aromatic heterocycles. The summed E-state index contributed by atoms with van der Waals surface area (Å²) in [5, 5.41) is 3.68. The molecule has 1 aromatic carbocycles. The van der Waals surface area contributed by atoms with Crippen LogP contribution in [0.3, 0.4) is 0 Å². The molecule has 0 radical (unpaired) electrons. The molecule has 0 aliphatic carbocycles. The highest BCUT2D eigenvalue weighted by Crippen LogP contribution is 2.21. The van der Waals surface area contributed by atoms with Gasteiger partial charge in [-0.3, -0.25) is 0 Å². The Morgan fingerprint density at radius 3 is 2.64 bits per heavy atom. The zero-order valence-electron chi connectivity index (χ0n) is 14.1. The van der Waals surface area contributed by atoms with E-state index in [9.17, 15) is 4.79 Å². The molecule has 1 saturated heterocycles. The van der Waals surface area contributed by atoms with Crippen molar-refractivity contribution in [2.75, 3.05) is 13.1 Å². The van der Waals surface area contributed by atoms with Crippen molar-refractivity contribution in [1.29, 1.82) is 0 Å². The van der Waals surface area contributed by atoms with Gasteiger partial charge in [0, 0.05) is 25.2 Å². The number of rotatable bonds is 4. The van der Waals surface area contributed by atoms with Gasteiger partial charge in [0.25, 0.3) is 0 Å². The number of hydrogen-bond donors (Lipinski definition) is 1. The molecule has 0 saturated carbocycles. The van der Waals surface area contributed by atoms with E-state index in [4.69, 9.17) is 4.74 Å². The van der Waals surface area contributed by atoms with Crippen molar-refractivity contribution in [2.45, 2.75) is 58.2 Å². The molecule has 1 amide bonds. The van der Waals surface area contributed by atoms with Gasteiger partial charge in [0.1, 0.15) is 5.60 Å². The molecular weight excluding hydrogens is 276 g/mol. The van der Waals surface area contributed by atoms with E-state index in [0.717, 1.165) is 25.9 Å². The van der Waals surface area contributed by atoms with Crippen LogP contribution in [0.25, 0.3) is 0 Å². The Kier molecular flexibility index (Phi) is 5.46. The Labute approximate surface area is 133 Å². The normalized spacial score (nSPS) is 20.0. The van der Waals surface area contributed by atoms with Crippen LogP contribution in [-0.4, -0.2) is 35.7 Å². The van der Waals surface area contributed by atoms with Crippen LogP contribution in [0.4, 0.5) is 4.79 Å². The van der Waals surface area contributed by atoms with Gasteiger partial charge in [-0.05, 0) is 39.2 Å². The molecule has 1 aliphatic rings. The van der Waals surface area contributed by atoms with E-state index in [-0.39, 0.29) is 6.09 Å². The Hall–Kier alpha value is -1.55. The van der Waals surface area contributed by atoms with Gasteiger partial charge in [-0.1, -0.05) is 37.3 Å². The van der Waals surface area contributed by atoms with Gasteiger partial charge in [0.2, 0.25) is 0 Å². The summed E-state index contributed by atoms with van der Waals surface area (Å²) < 4.78 is 5.45. The SMILES string of the molecule is CCC(NC1CCN(C(=O)OC(C)(C)C)C1)c1ccccc1. The Morgan fingerprint density at radius 1 is 1.36 bits per heavy atom. The number of nitrogens with one attached hydrogen (secondary N) is 1. The molecule has 122 valence electrons. The van der Waals surface area contributed by atoms with Crippen molar-refractivity contribution < 1.29 is 9.53 Å². The van der Waals surface area contributed by atoms with Crippen molar-refractivity contribution in [2.24, 2.45) is 0 Å². The first kappa shape index (κ1) is 16.8. The predicted molar refractivity (Wildman–Crippen MR) is 88.8 cm³/mol. The zero-order valence-corrected chi connectivity index (χ0v) is 14.1. The average molecular weight is 304 g/mol. The largest absolute Gasteiger partial charge is 0.444 e. The van der Waals surface area contributed by atoms with Crippen LogP contribution >= 0.6 is 0 Å². The van der Waals surface area contributed by atoms with Crippen LogP contribution in [0.5, 0.6) is 0 Å². The van der Waals surface area contributed by atoms with E-state index < -0.39 is 5.60 Å². The van der Waals surface area contributed by atoms with Crippen molar-refractivity contribution in [3.05, 3.63) is 35.9 Å². The number of amides is 1. The van der Waals surface area contributed by atoms with Crippen LogP contribution in [-0.2, 0) is 4.74 Å². The Balaban J connectivity index is 1.89. The molecule has 0 spiro atoms. The third-order valence-corrected chi connectivity index (χ3v) is 3.89. The van der Waals surface area contributed by atoms with Gasteiger partial charge in [0.15, 0.2) is 0 Å². The summed E-state index contributed by atoms with van der Waals surface area (Å²) in [6.07, 6.45) is 1.81. The lowest BCUT2D eigenvalue weighted by atomic mass is 10.0. The summed E-state index contributed by atoms with van der Waals surface area (Å²) in [6.45, 7) is 9.37. The minimum atomic E-state index is -0.432. The van der Waals surface area contributed by atoms with Crippen molar-refractivity contribution in [3.8, 4) is 0 Å². The molecule has 2 atom stereocenters. The lowest BCUT2D eigenvalue weighted by Gasteiger charge is -2.25. The van der Waals surface area contributed by atoms with E-state index in [1.54, 1.807) is 4.90 Å². The molecule has 1 fully saturated rings. The lowest BCUT2D eigenvalue weighted by Crippen LogP contribution is -2.39. The van der Waals surface area contributed by atoms with Crippen LogP contribution in [0.1, 0.15) is 52.1 Å². The molecule has 4 heteroatoms. The highest BCUT2D eigenvalue weighted by molar-refractivity contribution is 5.68. The average Bonchev–Trinajstić information content (AvgIpc) is 2.92. The molecule has 2 rings (SSSR count). The third-order valence-electron chi connectivity index (χ3n) is 3.89. The predicted octanol–water partition coefficient (Wildman–Crippen LogP) is 3.74. The summed E-state index contributed by atoms with van der Waals surface area (Å²) >= 11 is 0. The van der Waals surface area contributed by atoms with Crippen molar-refractivity contribution in [3.63, 3.8) is 0 Å². The van der Waals surface area contributed by atoms with Gasteiger partial charge >= 0.3 is 6.09 Å². The molecule has 4 nitrogen and oxygen atoms in total. The van der Waals surface area contributed by atoms with E-state index in [1.165, 1.54) is 5.56 Å². The first-order chi connectivity index (χ1) is 10.4. The molecule has 2 unspecified atom stereocenters. The number of hydrogen-bond acceptors (Lipinski definition) is 3. The van der Waals surface area contributed by atoms with E-state index >= 15 is 0 Å². The second-order valence-corrected chi connectivity index (χ2v) is 6.95. The van der Waals surface area contributed by atoms with Crippen molar-refractivity contribution in [1.82, 2.24) is 10.2 Å². The molecule has 0 bridgehead atoms. The number of benzene rings is 1. The zero-order chi connectivity index (χ0) is 16.2. The summed E-state index contributed by atoms with van der Waals surface area (Å²) in [7, 11) is 0. The quantitative estimate of drug-likeness (QED) is 0.921. The fourth-order valence-electron chi connectivity index (χ4n) is 2.81. The van der Waals surface area contributed by atoms with Crippen LogP contribution in [0.15, 0.2) is 30.3 Å². The Morgan fingerprint density at radius 2 is 2.05 bits per heavy atom. The van der Waals surface area contributed by atoms with E-state index in [2.05, 4.69) is 36.5 Å². The van der Waals surface area contributed by atoms with Gasteiger partial charge in [-0.2, -0.15) is 0 Å². The molecule has 1 N–H and O–H groups in total. The van der Waals surface area contributed by atoms with E-state index in [0.29, 0.717) is 12.1 Å². The van der Waals surface area contributed by atoms with Crippen LogP contribution < -0.4 is 5.32 Å². The smallest absolute Gasteiger partial charge is 0.410 e. The first-order valence-electron chi connectivity index (χ1n) is 8.18. The maximum Gasteiger partial charge on any atom is 0.410 e. The van der Waals surface area contributed by atoms with Crippen LogP contribution in [0.2, 0.25) is 0 Å². The van der Waals surface area contributed by atoms with Crippen LogP contribution in [0, 0.1) is 0 Å². The summed E-state index contributed by atoms with van der Waals surface area (Å²) in [6, 6.07) is 11.2. The monoisotopic (exact) mass is 304 g/mol. The lowest BCUT2D eigenvalue weighted by molar-refractivity contribution is 0.0290. The molecule has 1 heterocycles. The number of carbonyl (C=O) groups excluding carboxylic acids is 1. The summed E-state index contributed by atoms with van der Waals surface area (Å²) in [5.41, 5.74) is 0.874. The van der Waals surface area contributed by atoms with Gasteiger partial charge in [-0.15, -0.1) is 0 Å². The fraction of sp³-hybridized carbons (Fsp3) is 0.611. The summed E-state index contributed by atoms with van der Waals surface area (Å²) in [5.74, 6) is 0. The number of ether oxygens (including phenoxy) is 1. The highest BCUT2D eigenvalue weighted by Gasteiger charge is 2.30. The molecule has 1 aliphatic heterocycles. The minimum Gasteiger partial charge on any atom is -0.444 e. The summed E-state index contributed by atoms with van der Waals surface area (Å²) in [4.78, 5) is 13.9. The maximum absolute atomic E-state index is 12.1. The number of nitrogens with zero attached hydrogens (tertiary/aromatic N) is 1. The minimum absolute atomic E-state index is 0.204. The maximum atomic E-state index is 12.1. The third kappa shape index (κ3) is 4.73. The number of carbonyl (C=O) groups is 1. The van der Waals surface area contributed by atoms with Gasteiger partial charge < -0.3 is 15.0 Å². The highest BCUT2D eigenvalue weighted by atomic mass is 16.6. The fourth-order valence-corrected chi connectivity index (χ4v) is 2.81. The second kappa shape index (κ2) is 7.14. The van der Waals surface area contributed by atoms with Gasteiger partial charge in [-0.25, -0.2) is 4.79 Å². The molecule has 1 aromatic rings. The first-order valence-corrected chi connectivity index (χ1v) is 8.18. The second-order valence-electron chi connectivity index (χ2n) is 6.95.